The van der Waals surface area contributed by atoms with Gasteiger partial charge in [0.1, 0.15) is 5.82 Å². The minimum absolute atomic E-state index is 0.798. The minimum atomic E-state index is 0.798. The Kier molecular flexibility index (Phi) is 3.23. The Morgan fingerprint density at radius 2 is 2.06 bits per heavy atom. The number of H-pyrrole nitrogens is 1. The number of anilines is 1. The summed E-state index contributed by atoms with van der Waals surface area (Å²) in [5, 5.41) is 7.30. The summed E-state index contributed by atoms with van der Waals surface area (Å²) in [7, 11) is 0. The molecule has 0 aliphatic heterocycles. The van der Waals surface area contributed by atoms with Gasteiger partial charge >= 0.3 is 0 Å². The van der Waals surface area contributed by atoms with Crippen molar-refractivity contribution in [3.05, 3.63) is 36.3 Å². The fourth-order valence-corrected chi connectivity index (χ4v) is 1.75. The topological polar surface area (TPSA) is 55.8 Å². The summed E-state index contributed by atoms with van der Waals surface area (Å²) < 4.78 is 0. The molecule has 1 aromatic carbocycles. The van der Waals surface area contributed by atoms with Crippen LogP contribution in [-0.4, -0.2) is 22.9 Å². The summed E-state index contributed by atoms with van der Waals surface area (Å²) in [6.07, 6.45) is 3.17. The molecule has 17 heavy (non-hydrogen) atoms. The minimum Gasteiger partial charge on any atom is -0.342 e. The lowest BCUT2D eigenvalue weighted by Crippen LogP contribution is -2.19. The average molecular weight is 228 g/mol. The van der Waals surface area contributed by atoms with E-state index in [1.54, 1.807) is 0 Å². The Hall–Kier alpha value is -2.10. The predicted molar refractivity (Wildman–Crippen MR) is 70.6 cm³/mol. The first-order chi connectivity index (χ1) is 8.24. The summed E-state index contributed by atoms with van der Waals surface area (Å²) in [4.78, 5) is 9.26. The van der Waals surface area contributed by atoms with E-state index in [4.69, 9.17) is 5.41 Å². The highest BCUT2D eigenvalue weighted by molar-refractivity contribution is 5.77. The van der Waals surface area contributed by atoms with E-state index >= 15 is 0 Å². The maximum Gasteiger partial charge on any atom is 0.103 e. The third kappa shape index (κ3) is 2.36. The lowest BCUT2D eigenvalue weighted by atomic mass is 10.1. The van der Waals surface area contributed by atoms with Gasteiger partial charge in [-0.1, -0.05) is 12.1 Å². The quantitative estimate of drug-likeness (QED) is 0.624. The molecule has 4 nitrogen and oxygen atoms in total. The Morgan fingerprint density at radius 3 is 2.53 bits per heavy atom. The van der Waals surface area contributed by atoms with Crippen molar-refractivity contribution in [2.75, 3.05) is 11.4 Å². The lowest BCUT2D eigenvalue weighted by Gasteiger charge is -2.16. The molecule has 0 amide bonds. The molecule has 1 aromatic heterocycles. The zero-order valence-electron chi connectivity index (χ0n) is 10.1. The van der Waals surface area contributed by atoms with Crippen LogP contribution in [0.25, 0.3) is 11.3 Å². The molecule has 2 N–H and O–H groups in total. The monoisotopic (exact) mass is 228 g/mol. The Balaban J connectivity index is 2.26. The molecule has 0 atom stereocenters. The van der Waals surface area contributed by atoms with Crippen LogP contribution in [0.4, 0.5) is 5.69 Å². The van der Waals surface area contributed by atoms with Crippen LogP contribution in [0, 0.1) is 12.3 Å². The molecule has 2 aromatic rings. The number of nitrogens with zero attached hydrogens (tertiary/aromatic N) is 2. The van der Waals surface area contributed by atoms with Crippen molar-refractivity contribution >= 4 is 12.0 Å². The van der Waals surface area contributed by atoms with Crippen molar-refractivity contribution in [3.8, 4) is 11.3 Å². The number of aromatic amines is 1. The second-order valence-electron chi connectivity index (χ2n) is 3.84. The molecule has 0 aliphatic rings. The fraction of sp³-hybridized carbons (Fsp3) is 0.231. The van der Waals surface area contributed by atoms with E-state index in [1.807, 2.05) is 49.2 Å². The van der Waals surface area contributed by atoms with Gasteiger partial charge in [0.15, 0.2) is 0 Å². The van der Waals surface area contributed by atoms with E-state index in [9.17, 15) is 0 Å². The van der Waals surface area contributed by atoms with Crippen LogP contribution < -0.4 is 4.90 Å². The van der Waals surface area contributed by atoms with Crippen molar-refractivity contribution in [2.24, 2.45) is 0 Å². The predicted octanol–water partition coefficient (Wildman–Crippen LogP) is 2.82. The molecule has 0 fully saturated rings. The Labute approximate surface area is 101 Å². The SMILES string of the molecule is CCN(C=N)c1ccc(-c2cnc(C)[nH]2)cc1. The van der Waals surface area contributed by atoms with E-state index in [2.05, 4.69) is 9.97 Å². The van der Waals surface area contributed by atoms with E-state index in [0.29, 0.717) is 0 Å². The molecule has 0 radical (unpaired) electrons. The number of imidazole rings is 1. The van der Waals surface area contributed by atoms with Crippen LogP contribution in [0.5, 0.6) is 0 Å². The summed E-state index contributed by atoms with van der Waals surface area (Å²) in [5.74, 6) is 0.916. The number of hydrogen-bond donors (Lipinski definition) is 2. The Morgan fingerprint density at radius 1 is 1.35 bits per heavy atom. The highest BCUT2D eigenvalue weighted by Gasteiger charge is 2.03. The van der Waals surface area contributed by atoms with Crippen molar-refractivity contribution in [3.63, 3.8) is 0 Å². The van der Waals surface area contributed by atoms with E-state index < -0.39 is 0 Å². The molecule has 0 saturated heterocycles. The largest absolute Gasteiger partial charge is 0.342 e. The number of benzene rings is 1. The number of hydrogen-bond acceptors (Lipinski definition) is 2. The standard InChI is InChI=1S/C13H16N4/c1-3-17(9-14)12-6-4-11(5-7-12)13-8-15-10(2)16-13/h4-9,14H,3H2,1-2H3,(H,15,16). The van der Waals surface area contributed by atoms with Crippen LogP contribution in [0.1, 0.15) is 12.7 Å². The molecule has 88 valence electrons. The number of aromatic nitrogens is 2. The fourth-order valence-electron chi connectivity index (χ4n) is 1.75. The molecule has 0 aliphatic carbocycles. The summed E-state index contributed by atoms with van der Waals surface area (Å²) >= 11 is 0. The van der Waals surface area contributed by atoms with Gasteiger partial charge in [0.05, 0.1) is 18.2 Å². The lowest BCUT2D eigenvalue weighted by molar-refractivity contribution is 1.07. The highest BCUT2D eigenvalue weighted by atomic mass is 15.1. The van der Waals surface area contributed by atoms with Gasteiger partial charge in [-0.25, -0.2) is 4.98 Å². The van der Waals surface area contributed by atoms with Gasteiger partial charge in [0.2, 0.25) is 0 Å². The summed E-state index contributed by atoms with van der Waals surface area (Å²) in [6, 6.07) is 8.10. The molecular formula is C13H16N4. The van der Waals surface area contributed by atoms with Crippen LogP contribution in [-0.2, 0) is 0 Å². The van der Waals surface area contributed by atoms with Gasteiger partial charge in [-0.3, -0.25) is 5.41 Å². The van der Waals surface area contributed by atoms with Gasteiger partial charge in [-0.15, -0.1) is 0 Å². The molecular weight excluding hydrogens is 212 g/mol. The van der Waals surface area contributed by atoms with Gasteiger partial charge in [-0.2, -0.15) is 0 Å². The van der Waals surface area contributed by atoms with Crippen LogP contribution in [0.3, 0.4) is 0 Å². The van der Waals surface area contributed by atoms with Crippen LogP contribution in [0.2, 0.25) is 0 Å². The molecule has 4 heteroatoms. The number of rotatable bonds is 4. The zero-order chi connectivity index (χ0) is 12.3. The van der Waals surface area contributed by atoms with Crippen LogP contribution in [0.15, 0.2) is 30.5 Å². The molecule has 2 rings (SSSR count). The first-order valence-corrected chi connectivity index (χ1v) is 5.64. The normalized spacial score (nSPS) is 10.2. The zero-order valence-corrected chi connectivity index (χ0v) is 10.1. The second-order valence-corrected chi connectivity index (χ2v) is 3.84. The average Bonchev–Trinajstić information content (AvgIpc) is 2.78. The number of aryl methyl sites for hydroxylation is 1. The van der Waals surface area contributed by atoms with Crippen molar-refractivity contribution in [2.45, 2.75) is 13.8 Å². The van der Waals surface area contributed by atoms with E-state index in [1.165, 1.54) is 6.34 Å². The van der Waals surface area contributed by atoms with Crippen LogP contribution >= 0.6 is 0 Å². The van der Waals surface area contributed by atoms with E-state index in [-0.39, 0.29) is 0 Å². The molecule has 0 bridgehead atoms. The molecule has 0 saturated carbocycles. The van der Waals surface area contributed by atoms with Gasteiger partial charge in [0, 0.05) is 12.2 Å². The van der Waals surface area contributed by atoms with Gasteiger partial charge < -0.3 is 9.88 Å². The molecule has 1 heterocycles. The number of nitrogens with one attached hydrogen (secondary N) is 2. The third-order valence-electron chi connectivity index (χ3n) is 2.71. The summed E-state index contributed by atoms with van der Waals surface area (Å²) in [6.45, 7) is 4.76. The second kappa shape index (κ2) is 4.82. The smallest absolute Gasteiger partial charge is 0.103 e. The van der Waals surface area contributed by atoms with Gasteiger partial charge in [0.25, 0.3) is 0 Å². The van der Waals surface area contributed by atoms with Crippen molar-refractivity contribution < 1.29 is 0 Å². The first kappa shape index (κ1) is 11.4. The maximum absolute atomic E-state index is 7.30. The Bertz CT molecular complexity index is 498. The van der Waals surface area contributed by atoms with Crippen molar-refractivity contribution in [1.29, 1.82) is 5.41 Å². The molecule has 0 spiro atoms. The first-order valence-electron chi connectivity index (χ1n) is 5.64. The maximum atomic E-state index is 7.30. The molecule has 0 unspecified atom stereocenters. The third-order valence-corrected chi connectivity index (χ3v) is 2.71. The van der Waals surface area contributed by atoms with Gasteiger partial charge in [-0.05, 0) is 31.5 Å². The highest BCUT2D eigenvalue weighted by Crippen LogP contribution is 2.21. The summed E-state index contributed by atoms with van der Waals surface area (Å²) in [5.41, 5.74) is 3.16. The van der Waals surface area contributed by atoms with Crippen molar-refractivity contribution in [1.82, 2.24) is 9.97 Å². The van der Waals surface area contributed by atoms with E-state index in [0.717, 1.165) is 29.3 Å².